The number of hydrogen-bond acceptors (Lipinski definition) is 3. The quantitative estimate of drug-likeness (QED) is 0.717. The highest BCUT2D eigenvalue weighted by molar-refractivity contribution is 7.99. The molecule has 1 spiro atoms. The lowest BCUT2D eigenvalue weighted by atomic mass is 10.2. The van der Waals surface area contributed by atoms with Crippen molar-refractivity contribution in [2.45, 2.75) is 17.0 Å². The maximum atomic E-state index is 11.4. The fourth-order valence-corrected chi connectivity index (χ4v) is 4.40. The van der Waals surface area contributed by atoms with Gasteiger partial charge in [0.15, 0.2) is 0 Å². The summed E-state index contributed by atoms with van der Waals surface area (Å²) in [6.07, 6.45) is 0. The van der Waals surface area contributed by atoms with Gasteiger partial charge in [0.25, 0.3) is 0 Å². The van der Waals surface area contributed by atoms with E-state index >= 15 is 0 Å². The lowest BCUT2D eigenvalue weighted by Gasteiger charge is -2.13. The van der Waals surface area contributed by atoms with Crippen LogP contribution in [0.5, 0.6) is 0 Å². The van der Waals surface area contributed by atoms with Crippen molar-refractivity contribution < 1.29 is 4.79 Å². The van der Waals surface area contributed by atoms with Crippen LogP contribution in [0, 0.1) is 0 Å². The molecule has 2 aliphatic rings. The number of carbonyl (C=O) groups is 1. The zero-order valence-electron chi connectivity index (χ0n) is 8.86. The number of amides is 1. The summed E-state index contributed by atoms with van der Waals surface area (Å²) in [5.74, 6) is 4.06. The van der Waals surface area contributed by atoms with Gasteiger partial charge in [-0.1, -0.05) is 24.3 Å². The lowest BCUT2D eigenvalue weighted by Crippen LogP contribution is -2.24. The van der Waals surface area contributed by atoms with Gasteiger partial charge in [-0.2, -0.15) is 23.5 Å². The summed E-state index contributed by atoms with van der Waals surface area (Å²) in [4.78, 5) is 11.4. The molecule has 2 nitrogen and oxygen atoms in total. The number of hydrogen-bond donors (Lipinski definition) is 1. The third-order valence-corrected chi connectivity index (χ3v) is 5.42. The van der Waals surface area contributed by atoms with Crippen LogP contribution in [0.25, 0.3) is 0 Å². The summed E-state index contributed by atoms with van der Waals surface area (Å²) in [5.41, 5.74) is 2.53. The van der Waals surface area contributed by atoms with Gasteiger partial charge in [-0.05, 0) is 11.1 Å². The molecule has 84 valence electrons. The van der Waals surface area contributed by atoms with Crippen LogP contribution >= 0.6 is 23.5 Å². The Labute approximate surface area is 104 Å². The number of nitrogens with one attached hydrogen (secondary N) is 1. The van der Waals surface area contributed by atoms with E-state index in [4.69, 9.17) is 0 Å². The molecule has 0 aliphatic carbocycles. The van der Waals surface area contributed by atoms with Gasteiger partial charge in [-0.3, -0.25) is 4.79 Å². The second kappa shape index (κ2) is 4.00. The average Bonchev–Trinajstić information content (AvgIpc) is 2.89. The highest BCUT2D eigenvalue weighted by Crippen LogP contribution is 2.32. The molecular formula is C12H13NOS2. The highest BCUT2D eigenvalue weighted by atomic mass is 32.2. The van der Waals surface area contributed by atoms with E-state index < -0.39 is 0 Å². The van der Waals surface area contributed by atoms with Gasteiger partial charge >= 0.3 is 0 Å². The molecule has 1 amide bonds. The molecule has 2 heterocycles. The van der Waals surface area contributed by atoms with Crippen molar-refractivity contribution in [1.29, 1.82) is 0 Å². The van der Waals surface area contributed by atoms with E-state index in [1.807, 2.05) is 23.5 Å². The minimum Gasteiger partial charge on any atom is -0.338 e. The van der Waals surface area contributed by atoms with Gasteiger partial charge in [-0.25, -0.2) is 0 Å². The van der Waals surface area contributed by atoms with Crippen molar-refractivity contribution in [3.8, 4) is 0 Å². The molecule has 1 aromatic rings. The third kappa shape index (κ3) is 1.96. The Morgan fingerprint density at radius 3 is 2.19 bits per heavy atom. The number of carbonyl (C=O) groups excluding carboxylic acids is 1. The SMILES string of the molecule is O=C1NC12CSCc1cccc(c1)CSC2. The summed E-state index contributed by atoms with van der Waals surface area (Å²) in [6.45, 7) is 0. The predicted molar refractivity (Wildman–Crippen MR) is 69.6 cm³/mol. The molecule has 2 aliphatic heterocycles. The molecule has 0 unspecified atom stereocenters. The van der Waals surface area contributed by atoms with Gasteiger partial charge < -0.3 is 5.32 Å². The largest absolute Gasteiger partial charge is 0.338 e. The van der Waals surface area contributed by atoms with Crippen LogP contribution in [-0.4, -0.2) is 23.0 Å². The molecule has 0 radical (unpaired) electrons. The molecule has 1 saturated heterocycles. The first kappa shape index (κ1) is 10.5. The number of fused-ring (bicyclic) bond motifs is 2. The second-order valence-corrected chi connectivity index (χ2v) is 6.31. The lowest BCUT2D eigenvalue weighted by molar-refractivity contribution is -0.111. The van der Waals surface area contributed by atoms with Crippen LogP contribution in [-0.2, 0) is 16.3 Å². The van der Waals surface area contributed by atoms with Crippen LogP contribution in [0.15, 0.2) is 24.3 Å². The van der Waals surface area contributed by atoms with E-state index in [1.165, 1.54) is 11.1 Å². The van der Waals surface area contributed by atoms with Crippen molar-refractivity contribution in [1.82, 2.24) is 5.32 Å². The molecular weight excluding hydrogens is 238 g/mol. The molecule has 1 aromatic carbocycles. The average molecular weight is 251 g/mol. The first-order valence-electron chi connectivity index (χ1n) is 5.34. The molecule has 1 N–H and O–H groups in total. The normalized spacial score (nSPS) is 22.6. The Bertz CT molecular complexity index is 408. The van der Waals surface area contributed by atoms with Gasteiger partial charge in [0.05, 0.1) is 0 Å². The van der Waals surface area contributed by atoms with Crippen molar-refractivity contribution >= 4 is 29.4 Å². The molecule has 1 fully saturated rings. The van der Waals surface area contributed by atoms with Crippen molar-refractivity contribution in [2.75, 3.05) is 11.5 Å². The molecule has 3 rings (SSSR count). The smallest absolute Gasteiger partial charge is 0.248 e. The number of rotatable bonds is 0. The van der Waals surface area contributed by atoms with Crippen LogP contribution in [0.1, 0.15) is 11.1 Å². The standard InChI is InChI=1S/C12H13NOS2/c14-11-12(13-11)7-15-5-9-2-1-3-10(4-9)6-16-8-12/h1-4H,5-8H2,(H,13,14). The van der Waals surface area contributed by atoms with E-state index in [2.05, 4.69) is 29.6 Å². The molecule has 4 heteroatoms. The Hall–Kier alpha value is -0.610. The van der Waals surface area contributed by atoms with Crippen LogP contribution in [0.4, 0.5) is 0 Å². The highest BCUT2D eigenvalue weighted by Gasteiger charge is 2.52. The third-order valence-electron chi connectivity index (χ3n) is 2.95. The van der Waals surface area contributed by atoms with Gasteiger partial charge in [0.2, 0.25) is 5.91 Å². The van der Waals surface area contributed by atoms with E-state index in [1.54, 1.807) is 0 Å². The summed E-state index contributed by atoms with van der Waals surface area (Å²) < 4.78 is 0. The van der Waals surface area contributed by atoms with Crippen molar-refractivity contribution in [3.63, 3.8) is 0 Å². The van der Waals surface area contributed by atoms with E-state index in [-0.39, 0.29) is 11.4 Å². The topological polar surface area (TPSA) is 39.0 Å². The van der Waals surface area contributed by atoms with Gasteiger partial charge in [0, 0.05) is 23.0 Å². The molecule has 0 aromatic heterocycles. The Balaban J connectivity index is 1.79. The van der Waals surface area contributed by atoms with E-state index in [0.717, 1.165) is 23.0 Å². The maximum absolute atomic E-state index is 11.4. The van der Waals surface area contributed by atoms with E-state index in [0.29, 0.717) is 0 Å². The van der Waals surface area contributed by atoms with Gasteiger partial charge in [0.1, 0.15) is 5.54 Å². The zero-order chi connectivity index (χ0) is 11.0. The molecule has 0 atom stereocenters. The number of thioether (sulfide) groups is 2. The van der Waals surface area contributed by atoms with Crippen LogP contribution in [0.2, 0.25) is 0 Å². The summed E-state index contributed by atoms with van der Waals surface area (Å²) in [7, 11) is 0. The second-order valence-electron chi connectivity index (χ2n) is 4.34. The van der Waals surface area contributed by atoms with Gasteiger partial charge in [-0.15, -0.1) is 0 Å². The first-order chi connectivity index (χ1) is 7.78. The molecule has 0 saturated carbocycles. The minimum atomic E-state index is -0.203. The summed E-state index contributed by atoms with van der Waals surface area (Å²) in [5, 5.41) is 2.99. The fourth-order valence-electron chi connectivity index (χ4n) is 1.93. The summed E-state index contributed by atoms with van der Waals surface area (Å²) >= 11 is 3.70. The monoisotopic (exact) mass is 251 g/mol. The fraction of sp³-hybridized carbons (Fsp3) is 0.417. The predicted octanol–water partition coefficient (Wildman–Crippen LogP) is 2.04. The van der Waals surface area contributed by atoms with Crippen LogP contribution in [0.3, 0.4) is 0 Å². The zero-order valence-corrected chi connectivity index (χ0v) is 10.5. The Morgan fingerprint density at radius 1 is 1.12 bits per heavy atom. The van der Waals surface area contributed by atoms with Crippen LogP contribution < -0.4 is 5.32 Å². The van der Waals surface area contributed by atoms with E-state index in [9.17, 15) is 4.79 Å². The first-order valence-corrected chi connectivity index (χ1v) is 7.65. The minimum absolute atomic E-state index is 0.203. The maximum Gasteiger partial charge on any atom is 0.248 e. The number of benzene rings is 1. The summed E-state index contributed by atoms with van der Waals surface area (Å²) in [6, 6.07) is 8.74. The Morgan fingerprint density at radius 2 is 1.69 bits per heavy atom. The van der Waals surface area contributed by atoms with Crippen molar-refractivity contribution in [3.05, 3.63) is 35.4 Å². The Kier molecular flexibility index (Phi) is 2.64. The molecule has 2 bridgehead atoms. The molecule has 16 heavy (non-hydrogen) atoms. The van der Waals surface area contributed by atoms with Crippen molar-refractivity contribution in [2.24, 2.45) is 0 Å².